The molecular formula is C28H30N2O3. The van der Waals surface area contributed by atoms with Crippen LogP contribution in [0.3, 0.4) is 0 Å². The highest BCUT2D eigenvalue weighted by Gasteiger charge is 2.20. The minimum atomic E-state index is -0.825. The number of allylic oxidation sites excluding steroid dienone is 5. The molecule has 1 aromatic heterocycles. The van der Waals surface area contributed by atoms with Gasteiger partial charge >= 0.3 is 5.97 Å². The smallest absolute Gasteiger partial charge is 0.331 e. The summed E-state index contributed by atoms with van der Waals surface area (Å²) in [6.45, 7) is 0.517. The lowest BCUT2D eigenvalue weighted by molar-refractivity contribution is -0.133. The van der Waals surface area contributed by atoms with Crippen LogP contribution in [-0.2, 0) is 29.0 Å². The van der Waals surface area contributed by atoms with Crippen molar-refractivity contribution in [2.24, 2.45) is 0 Å². The van der Waals surface area contributed by atoms with Crippen LogP contribution in [0.15, 0.2) is 78.0 Å². The molecule has 0 aliphatic heterocycles. The monoisotopic (exact) mass is 442 g/mol. The van der Waals surface area contributed by atoms with Crippen molar-refractivity contribution in [2.45, 2.75) is 57.4 Å². The fourth-order valence-corrected chi connectivity index (χ4v) is 4.40. The van der Waals surface area contributed by atoms with Gasteiger partial charge in [-0.1, -0.05) is 60.2 Å². The van der Waals surface area contributed by atoms with Crippen molar-refractivity contribution >= 4 is 11.9 Å². The van der Waals surface area contributed by atoms with Gasteiger partial charge in [0.1, 0.15) is 0 Å². The summed E-state index contributed by atoms with van der Waals surface area (Å²) < 4.78 is 0. The average Bonchev–Trinajstić information content (AvgIpc) is 3.36. The Morgan fingerprint density at radius 2 is 1.97 bits per heavy atom. The second-order valence-corrected chi connectivity index (χ2v) is 8.83. The Morgan fingerprint density at radius 1 is 1.09 bits per heavy atom. The van der Waals surface area contributed by atoms with E-state index in [1.165, 1.54) is 11.1 Å². The SMILES string of the molecule is O=C(Cc1ccc(C2CC=C(C(=O)O)CC2)nc1)NCc1cccc(CCC2=CC=CC2)c1. The van der Waals surface area contributed by atoms with Gasteiger partial charge in [0.05, 0.1) is 6.42 Å². The Hall–Kier alpha value is -3.47. The van der Waals surface area contributed by atoms with E-state index in [2.05, 4.69) is 46.7 Å². The lowest BCUT2D eigenvalue weighted by Gasteiger charge is -2.19. The van der Waals surface area contributed by atoms with Crippen molar-refractivity contribution in [1.29, 1.82) is 0 Å². The Bertz CT molecular complexity index is 1100. The Labute approximate surface area is 194 Å². The average molecular weight is 443 g/mol. The second kappa shape index (κ2) is 10.9. The summed E-state index contributed by atoms with van der Waals surface area (Å²) in [5.41, 5.74) is 6.20. The van der Waals surface area contributed by atoms with Crippen LogP contribution in [0.4, 0.5) is 0 Å². The first-order valence-electron chi connectivity index (χ1n) is 11.6. The van der Waals surface area contributed by atoms with Crippen molar-refractivity contribution in [3.8, 4) is 0 Å². The maximum absolute atomic E-state index is 12.4. The van der Waals surface area contributed by atoms with Gasteiger partial charge in [-0.05, 0) is 61.3 Å². The number of aryl methyl sites for hydroxylation is 1. The van der Waals surface area contributed by atoms with Crippen LogP contribution in [0.1, 0.15) is 60.4 Å². The number of nitrogens with one attached hydrogen (secondary N) is 1. The summed E-state index contributed by atoms with van der Waals surface area (Å²) in [5.74, 6) is -0.609. The molecule has 0 radical (unpaired) electrons. The molecule has 2 aromatic rings. The van der Waals surface area contributed by atoms with Gasteiger partial charge in [0, 0.05) is 29.9 Å². The van der Waals surface area contributed by atoms with Gasteiger partial charge in [-0.15, -0.1) is 0 Å². The summed E-state index contributed by atoms with van der Waals surface area (Å²) >= 11 is 0. The first-order valence-corrected chi connectivity index (χ1v) is 11.6. The fourth-order valence-electron chi connectivity index (χ4n) is 4.40. The summed E-state index contributed by atoms with van der Waals surface area (Å²) in [4.78, 5) is 28.0. The van der Waals surface area contributed by atoms with Crippen LogP contribution in [0.5, 0.6) is 0 Å². The summed E-state index contributed by atoms with van der Waals surface area (Å²) in [6.07, 6.45) is 15.6. The third kappa shape index (κ3) is 6.51. The van der Waals surface area contributed by atoms with E-state index in [4.69, 9.17) is 5.11 Å². The molecule has 1 aromatic carbocycles. The van der Waals surface area contributed by atoms with E-state index in [1.807, 2.05) is 18.2 Å². The molecule has 33 heavy (non-hydrogen) atoms. The summed E-state index contributed by atoms with van der Waals surface area (Å²) in [6, 6.07) is 12.3. The number of aliphatic carboxylic acids is 1. The molecule has 1 atom stereocenters. The number of carbonyl (C=O) groups is 2. The molecule has 5 nitrogen and oxygen atoms in total. The minimum Gasteiger partial charge on any atom is -0.478 e. The summed E-state index contributed by atoms with van der Waals surface area (Å²) in [5, 5.41) is 12.1. The molecule has 4 rings (SSSR count). The molecule has 0 fully saturated rings. The number of nitrogens with zero attached hydrogens (tertiary/aromatic N) is 1. The number of benzene rings is 1. The maximum atomic E-state index is 12.4. The molecule has 1 amide bonds. The highest BCUT2D eigenvalue weighted by molar-refractivity contribution is 5.86. The molecule has 2 N–H and O–H groups in total. The van der Waals surface area contributed by atoms with Crippen molar-refractivity contribution < 1.29 is 14.7 Å². The zero-order chi connectivity index (χ0) is 23.0. The Balaban J connectivity index is 1.24. The van der Waals surface area contributed by atoms with Crippen LogP contribution in [0.2, 0.25) is 0 Å². The molecular weight excluding hydrogens is 412 g/mol. The van der Waals surface area contributed by atoms with Gasteiger partial charge in [0.25, 0.3) is 0 Å². The quantitative estimate of drug-likeness (QED) is 0.570. The van der Waals surface area contributed by atoms with E-state index < -0.39 is 5.97 Å². The minimum absolute atomic E-state index is 0.0242. The van der Waals surface area contributed by atoms with Crippen molar-refractivity contribution in [3.63, 3.8) is 0 Å². The highest BCUT2D eigenvalue weighted by Crippen LogP contribution is 2.31. The van der Waals surface area contributed by atoms with Gasteiger partial charge in [-0.3, -0.25) is 9.78 Å². The molecule has 170 valence electrons. The number of amides is 1. The molecule has 0 saturated heterocycles. The zero-order valence-corrected chi connectivity index (χ0v) is 18.8. The van der Waals surface area contributed by atoms with Gasteiger partial charge < -0.3 is 10.4 Å². The molecule has 1 heterocycles. The van der Waals surface area contributed by atoms with Crippen LogP contribution in [-0.4, -0.2) is 22.0 Å². The number of hydrogen-bond donors (Lipinski definition) is 2. The predicted molar refractivity (Wildman–Crippen MR) is 129 cm³/mol. The van der Waals surface area contributed by atoms with E-state index in [0.29, 0.717) is 31.4 Å². The van der Waals surface area contributed by atoms with Crippen molar-refractivity contribution in [3.05, 3.63) is 100 Å². The van der Waals surface area contributed by atoms with Gasteiger partial charge in [-0.25, -0.2) is 4.79 Å². The number of hydrogen-bond acceptors (Lipinski definition) is 3. The number of pyridine rings is 1. The highest BCUT2D eigenvalue weighted by atomic mass is 16.4. The van der Waals surface area contributed by atoms with E-state index >= 15 is 0 Å². The number of carbonyl (C=O) groups excluding carboxylic acids is 1. The number of rotatable bonds is 9. The van der Waals surface area contributed by atoms with E-state index in [0.717, 1.165) is 42.5 Å². The molecule has 5 heteroatoms. The third-order valence-electron chi connectivity index (χ3n) is 6.38. The molecule has 0 bridgehead atoms. The number of carboxylic acid groups (broad SMARTS) is 1. The normalized spacial score (nSPS) is 17.4. The standard InChI is InChI=1S/C28H30N2O3/c31-27(30-19-22-7-3-6-21(16-22)9-8-20-4-1-2-5-20)17-23-10-15-26(29-18-23)24-11-13-25(14-12-24)28(32)33/h1-4,6-7,10,13,15-16,18,24H,5,8-9,11-12,14,17,19H2,(H,30,31)(H,32,33). The first kappa shape index (κ1) is 22.7. The lowest BCUT2D eigenvalue weighted by atomic mass is 9.87. The van der Waals surface area contributed by atoms with Gasteiger partial charge in [0.15, 0.2) is 0 Å². The van der Waals surface area contributed by atoms with Crippen molar-refractivity contribution in [2.75, 3.05) is 0 Å². The van der Waals surface area contributed by atoms with E-state index in [9.17, 15) is 9.59 Å². The first-order chi connectivity index (χ1) is 16.1. The predicted octanol–water partition coefficient (Wildman–Crippen LogP) is 5.04. The largest absolute Gasteiger partial charge is 0.478 e. The molecule has 2 aliphatic rings. The van der Waals surface area contributed by atoms with Gasteiger partial charge in [-0.2, -0.15) is 0 Å². The van der Waals surface area contributed by atoms with E-state index in [1.54, 1.807) is 12.3 Å². The van der Waals surface area contributed by atoms with Crippen LogP contribution in [0, 0.1) is 0 Å². The zero-order valence-electron chi connectivity index (χ0n) is 18.8. The van der Waals surface area contributed by atoms with Crippen LogP contribution < -0.4 is 5.32 Å². The summed E-state index contributed by atoms with van der Waals surface area (Å²) in [7, 11) is 0. The Morgan fingerprint density at radius 3 is 2.67 bits per heavy atom. The van der Waals surface area contributed by atoms with Crippen LogP contribution in [0.25, 0.3) is 0 Å². The third-order valence-corrected chi connectivity index (χ3v) is 6.38. The molecule has 0 saturated carbocycles. The van der Waals surface area contributed by atoms with Gasteiger partial charge in [0.2, 0.25) is 5.91 Å². The van der Waals surface area contributed by atoms with E-state index in [-0.39, 0.29) is 11.8 Å². The van der Waals surface area contributed by atoms with Crippen molar-refractivity contribution in [1.82, 2.24) is 10.3 Å². The lowest BCUT2D eigenvalue weighted by Crippen LogP contribution is -2.24. The number of aromatic nitrogens is 1. The number of carboxylic acids is 1. The van der Waals surface area contributed by atoms with Crippen LogP contribution >= 0.6 is 0 Å². The second-order valence-electron chi connectivity index (χ2n) is 8.83. The molecule has 1 unspecified atom stereocenters. The molecule has 2 aliphatic carbocycles. The molecule has 0 spiro atoms. The maximum Gasteiger partial charge on any atom is 0.331 e. The Kier molecular flexibility index (Phi) is 7.51. The topological polar surface area (TPSA) is 79.3 Å². The fraction of sp³-hybridized carbons (Fsp3) is 0.321.